The fourth-order valence-corrected chi connectivity index (χ4v) is 4.53. The van der Waals surface area contributed by atoms with Crippen LogP contribution in [0, 0.1) is 19.7 Å². The number of ether oxygens (including phenoxy) is 1. The number of aryl methyl sites for hydroxylation is 2. The van der Waals surface area contributed by atoms with E-state index in [1.807, 2.05) is 6.07 Å². The first-order valence-corrected chi connectivity index (χ1v) is 10.5. The topological polar surface area (TPSA) is 29.5 Å². The van der Waals surface area contributed by atoms with Crippen LogP contribution in [-0.4, -0.2) is 17.3 Å². The molecule has 1 aliphatic carbocycles. The van der Waals surface area contributed by atoms with Crippen molar-refractivity contribution in [2.24, 2.45) is 0 Å². The van der Waals surface area contributed by atoms with Crippen LogP contribution in [-0.2, 0) is 6.42 Å². The zero-order chi connectivity index (χ0) is 20.5. The van der Waals surface area contributed by atoms with Gasteiger partial charge in [-0.3, -0.25) is 0 Å². The predicted molar refractivity (Wildman–Crippen MR) is 114 cm³/mol. The predicted octanol–water partition coefficient (Wildman–Crippen LogP) is 6.48. The number of halogens is 1. The van der Waals surface area contributed by atoms with E-state index in [0.717, 1.165) is 48.1 Å². The van der Waals surface area contributed by atoms with Crippen LogP contribution in [0.2, 0.25) is 0 Å². The second-order valence-electron chi connectivity index (χ2n) is 8.85. The Bertz CT molecular complexity index is 825. The van der Waals surface area contributed by atoms with E-state index in [4.69, 9.17) is 4.74 Å². The molecule has 0 saturated heterocycles. The van der Waals surface area contributed by atoms with Crippen LogP contribution in [0.5, 0.6) is 5.75 Å². The number of rotatable bonds is 7. The van der Waals surface area contributed by atoms with Gasteiger partial charge in [-0.15, -0.1) is 0 Å². The summed E-state index contributed by atoms with van der Waals surface area (Å²) in [5.41, 5.74) is 6.07. The van der Waals surface area contributed by atoms with Crippen molar-refractivity contribution in [2.45, 2.75) is 78.2 Å². The molecular formula is C25H33FO2. The number of aliphatic hydroxyl groups is 1. The third-order valence-electron chi connectivity index (χ3n) is 5.85. The van der Waals surface area contributed by atoms with Gasteiger partial charge in [0.2, 0.25) is 0 Å². The van der Waals surface area contributed by atoms with E-state index in [2.05, 4.69) is 32.9 Å². The zero-order valence-electron chi connectivity index (χ0n) is 17.9. The number of fused-ring (bicyclic) bond motifs is 1. The molecule has 0 fully saturated rings. The Balaban J connectivity index is 1.93. The highest BCUT2D eigenvalue weighted by Gasteiger charge is 2.28. The summed E-state index contributed by atoms with van der Waals surface area (Å²) in [7, 11) is 0. The molecule has 0 bridgehead atoms. The van der Waals surface area contributed by atoms with Gasteiger partial charge < -0.3 is 9.84 Å². The smallest absolute Gasteiger partial charge is 0.126 e. The Morgan fingerprint density at radius 3 is 2.46 bits per heavy atom. The first-order chi connectivity index (χ1) is 13.2. The molecule has 1 N–H and O–H groups in total. The second kappa shape index (κ2) is 8.24. The first kappa shape index (κ1) is 20.9. The van der Waals surface area contributed by atoms with Crippen molar-refractivity contribution in [3.8, 4) is 16.9 Å². The highest BCUT2D eigenvalue weighted by atomic mass is 19.1. The quantitative estimate of drug-likeness (QED) is 0.592. The molecule has 0 spiro atoms. The summed E-state index contributed by atoms with van der Waals surface area (Å²) in [4.78, 5) is 0. The van der Waals surface area contributed by atoms with E-state index in [1.165, 1.54) is 16.7 Å². The van der Waals surface area contributed by atoms with Crippen LogP contribution < -0.4 is 4.74 Å². The van der Waals surface area contributed by atoms with Crippen LogP contribution in [0.3, 0.4) is 0 Å². The van der Waals surface area contributed by atoms with E-state index < -0.39 is 5.60 Å². The van der Waals surface area contributed by atoms with Gasteiger partial charge >= 0.3 is 0 Å². The first-order valence-electron chi connectivity index (χ1n) is 10.5. The molecule has 2 nitrogen and oxygen atoms in total. The molecule has 2 aromatic rings. The fraction of sp³-hybridized carbons (Fsp3) is 0.520. The summed E-state index contributed by atoms with van der Waals surface area (Å²) >= 11 is 0. The molecule has 1 aliphatic rings. The molecule has 0 aromatic heterocycles. The van der Waals surface area contributed by atoms with Crippen LogP contribution in [0.25, 0.3) is 11.1 Å². The molecule has 1 unspecified atom stereocenters. The van der Waals surface area contributed by atoms with Crippen molar-refractivity contribution >= 4 is 0 Å². The van der Waals surface area contributed by atoms with Gasteiger partial charge in [0.15, 0.2) is 0 Å². The maximum absolute atomic E-state index is 14.6. The summed E-state index contributed by atoms with van der Waals surface area (Å²) in [5.74, 6) is 1.13. The van der Waals surface area contributed by atoms with Gasteiger partial charge in [0.05, 0.1) is 12.2 Å². The van der Waals surface area contributed by atoms with Gasteiger partial charge in [-0.25, -0.2) is 4.39 Å². The van der Waals surface area contributed by atoms with Gasteiger partial charge in [0, 0.05) is 6.42 Å². The van der Waals surface area contributed by atoms with Crippen molar-refractivity contribution in [2.75, 3.05) is 6.61 Å². The van der Waals surface area contributed by atoms with E-state index >= 15 is 0 Å². The maximum Gasteiger partial charge on any atom is 0.126 e. The highest BCUT2D eigenvalue weighted by Crippen LogP contribution is 2.44. The maximum atomic E-state index is 14.6. The molecule has 0 amide bonds. The summed E-state index contributed by atoms with van der Waals surface area (Å²) < 4.78 is 20.5. The summed E-state index contributed by atoms with van der Waals surface area (Å²) in [5, 5.41) is 9.86. The third-order valence-corrected chi connectivity index (χ3v) is 5.85. The molecule has 3 rings (SSSR count). The molecule has 2 aromatic carbocycles. The Hall–Kier alpha value is -1.87. The fourth-order valence-electron chi connectivity index (χ4n) is 4.53. The van der Waals surface area contributed by atoms with E-state index in [-0.39, 0.29) is 5.82 Å². The van der Waals surface area contributed by atoms with Crippen LogP contribution >= 0.6 is 0 Å². The van der Waals surface area contributed by atoms with E-state index in [1.54, 1.807) is 19.9 Å². The summed E-state index contributed by atoms with van der Waals surface area (Å²) in [6, 6.07) is 7.71. The zero-order valence-corrected chi connectivity index (χ0v) is 17.9. The van der Waals surface area contributed by atoms with Crippen molar-refractivity contribution in [3.05, 3.63) is 52.3 Å². The third kappa shape index (κ3) is 4.41. The minimum absolute atomic E-state index is 0.0448. The lowest BCUT2D eigenvalue weighted by atomic mass is 9.88. The molecule has 28 heavy (non-hydrogen) atoms. The lowest BCUT2D eigenvalue weighted by Crippen LogP contribution is -2.21. The lowest BCUT2D eigenvalue weighted by Gasteiger charge is -2.19. The number of hydrogen-bond acceptors (Lipinski definition) is 2. The monoisotopic (exact) mass is 384 g/mol. The van der Waals surface area contributed by atoms with Crippen LogP contribution in [0.15, 0.2) is 24.3 Å². The normalized spacial score (nSPS) is 16.3. The molecule has 0 aliphatic heterocycles. The SMILES string of the molecule is CCCC1CCc2c(-c3c(C)cc(OCCC(C)(C)O)cc3C)ccc(F)c21. The highest BCUT2D eigenvalue weighted by molar-refractivity contribution is 5.76. The Morgan fingerprint density at radius 1 is 1.18 bits per heavy atom. The van der Waals surface area contributed by atoms with E-state index in [9.17, 15) is 9.50 Å². The minimum Gasteiger partial charge on any atom is -0.493 e. The average molecular weight is 385 g/mol. The van der Waals surface area contributed by atoms with Crippen molar-refractivity contribution in [1.29, 1.82) is 0 Å². The standard InChI is InChI=1S/C25H33FO2/c1-6-7-18-8-9-21-20(10-11-22(26)24(18)21)23-16(2)14-19(15-17(23)3)28-13-12-25(4,5)27/h10-11,14-15,18,27H,6-9,12-13H2,1-5H3. The number of benzene rings is 2. The van der Waals surface area contributed by atoms with Gasteiger partial charge in [0.1, 0.15) is 11.6 Å². The molecular weight excluding hydrogens is 351 g/mol. The second-order valence-corrected chi connectivity index (χ2v) is 8.85. The van der Waals surface area contributed by atoms with Crippen LogP contribution in [0.1, 0.15) is 74.6 Å². The van der Waals surface area contributed by atoms with Crippen molar-refractivity contribution < 1.29 is 14.2 Å². The van der Waals surface area contributed by atoms with Gasteiger partial charge in [0.25, 0.3) is 0 Å². The minimum atomic E-state index is -0.728. The van der Waals surface area contributed by atoms with Crippen LogP contribution in [0.4, 0.5) is 4.39 Å². The molecule has 1 atom stereocenters. The molecule has 0 saturated carbocycles. The molecule has 152 valence electrons. The Morgan fingerprint density at radius 2 is 1.86 bits per heavy atom. The van der Waals surface area contributed by atoms with Crippen molar-refractivity contribution in [3.63, 3.8) is 0 Å². The van der Waals surface area contributed by atoms with Gasteiger partial charge in [-0.2, -0.15) is 0 Å². The Kier molecular flexibility index (Phi) is 6.14. The number of hydrogen-bond donors (Lipinski definition) is 1. The summed E-state index contributed by atoms with van der Waals surface area (Å²) in [6.07, 6.45) is 4.72. The van der Waals surface area contributed by atoms with Gasteiger partial charge in [-0.1, -0.05) is 19.4 Å². The average Bonchev–Trinajstić information content (AvgIpc) is 3.00. The van der Waals surface area contributed by atoms with Gasteiger partial charge in [-0.05, 0) is 104 Å². The molecule has 0 radical (unpaired) electrons. The molecule has 0 heterocycles. The van der Waals surface area contributed by atoms with Crippen molar-refractivity contribution in [1.82, 2.24) is 0 Å². The molecule has 3 heteroatoms. The Labute approximate surface area is 168 Å². The largest absolute Gasteiger partial charge is 0.493 e. The summed E-state index contributed by atoms with van der Waals surface area (Å²) in [6.45, 7) is 10.4. The lowest BCUT2D eigenvalue weighted by molar-refractivity contribution is 0.0553. The van der Waals surface area contributed by atoms with E-state index in [0.29, 0.717) is 18.9 Å².